The molecule has 0 aliphatic heterocycles. The van der Waals surface area contributed by atoms with E-state index in [9.17, 15) is 24.5 Å². The second kappa shape index (κ2) is 13.0. The zero-order chi connectivity index (χ0) is 20.2. The third-order valence-electron chi connectivity index (χ3n) is 5.22. The Kier molecular flexibility index (Phi) is 11.5. The van der Waals surface area contributed by atoms with E-state index in [0.29, 0.717) is 32.1 Å². The maximum atomic E-state index is 14.3. The Balaban J connectivity index is 2.56. The summed E-state index contributed by atoms with van der Waals surface area (Å²) in [5, 5.41) is 30.3. The SMILES string of the molecule is CCCCC[C@H](O)/C(F)=C\[C@@H]1[C@@H](C/C=C\CCCC(=O)OC)[C@@H](O)C[C@H]1O. The van der Waals surface area contributed by atoms with E-state index >= 15 is 0 Å². The van der Waals surface area contributed by atoms with E-state index in [2.05, 4.69) is 4.74 Å². The van der Waals surface area contributed by atoms with Crippen LogP contribution in [0.25, 0.3) is 0 Å². The predicted molar refractivity (Wildman–Crippen MR) is 103 cm³/mol. The highest BCUT2D eigenvalue weighted by atomic mass is 19.1. The van der Waals surface area contributed by atoms with Crippen LogP contribution in [0.4, 0.5) is 4.39 Å². The van der Waals surface area contributed by atoms with E-state index in [0.717, 1.165) is 19.3 Å². The minimum atomic E-state index is -1.14. The summed E-state index contributed by atoms with van der Waals surface area (Å²) in [4.78, 5) is 11.0. The van der Waals surface area contributed by atoms with Crippen molar-refractivity contribution in [2.75, 3.05) is 7.11 Å². The number of rotatable bonds is 12. The third kappa shape index (κ3) is 8.54. The first-order chi connectivity index (χ1) is 12.9. The maximum Gasteiger partial charge on any atom is 0.305 e. The van der Waals surface area contributed by atoms with Crippen molar-refractivity contribution >= 4 is 5.97 Å². The first kappa shape index (κ1) is 23.8. The van der Waals surface area contributed by atoms with E-state index in [1.165, 1.54) is 13.2 Å². The lowest BCUT2D eigenvalue weighted by Crippen LogP contribution is -2.21. The molecule has 0 bridgehead atoms. The maximum absolute atomic E-state index is 14.3. The van der Waals surface area contributed by atoms with Crippen LogP contribution in [0.1, 0.15) is 64.7 Å². The molecule has 0 unspecified atom stereocenters. The fourth-order valence-electron chi connectivity index (χ4n) is 3.53. The van der Waals surface area contributed by atoms with Crippen molar-refractivity contribution in [1.29, 1.82) is 0 Å². The molecular formula is C21H35FO5. The summed E-state index contributed by atoms with van der Waals surface area (Å²) in [6, 6.07) is 0. The van der Waals surface area contributed by atoms with Crippen LogP contribution in [0, 0.1) is 11.8 Å². The zero-order valence-corrected chi connectivity index (χ0v) is 16.5. The van der Waals surface area contributed by atoms with Gasteiger partial charge >= 0.3 is 5.97 Å². The number of esters is 1. The van der Waals surface area contributed by atoms with Crippen molar-refractivity contribution in [3.05, 3.63) is 24.1 Å². The van der Waals surface area contributed by atoms with Crippen LogP contribution in [0.2, 0.25) is 0 Å². The molecule has 0 radical (unpaired) electrons. The number of aliphatic hydroxyl groups is 3. The molecule has 6 heteroatoms. The van der Waals surface area contributed by atoms with E-state index in [-0.39, 0.29) is 18.3 Å². The molecular weight excluding hydrogens is 351 g/mol. The van der Waals surface area contributed by atoms with Crippen LogP contribution in [0.15, 0.2) is 24.1 Å². The summed E-state index contributed by atoms with van der Waals surface area (Å²) in [6.45, 7) is 2.04. The smallest absolute Gasteiger partial charge is 0.305 e. The molecule has 0 spiro atoms. The molecule has 1 fully saturated rings. The number of ether oxygens (including phenoxy) is 1. The van der Waals surface area contributed by atoms with E-state index in [1.807, 2.05) is 19.1 Å². The van der Waals surface area contributed by atoms with Crippen molar-refractivity contribution in [3.63, 3.8) is 0 Å². The Morgan fingerprint density at radius 2 is 1.96 bits per heavy atom. The summed E-state index contributed by atoms with van der Waals surface area (Å²) in [7, 11) is 1.36. The van der Waals surface area contributed by atoms with Crippen LogP contribution < -0.4 is 0 Å². The molecule has 0 aromatic carbocycles. The van der Waals surface area contributed by atoms with Crippen LogP contribution >= 0.6 is 0 Å². The number of carbonyl (C=O) groups excluding carboxylic acids is 1. The number of hydrogen-bond donors (Lipinski definition) is 3. The molecule has 0 amide bonds. The summed E-state index contributed by atoms with van der Waals surface area (Å²) in [6.07, 6.45) is 8.01. The molecule has 3 N–H and O–H groups in total. The average Bonchev–Trinajstić information content (AvgIpc) is 2.90. The Labute approximate surface area is 161 Å². The van der Waals surface area contributed by atoms with E-state index in [1.54, 1.807) is 0 Å². The molecule has 156 valence electrons. The normalized spacial score (nSPS) is 27.3. The lowest BCUT2D eigenvalue weighted by Gasteiger charge is -2.20. The highest BCUT2D eigenvalue weighted by Crippen LogP contribution is 2.37. The highest BCUT2D eigenvalue weighted by Gasteiger charge is 2.40. The van der Waals surface area contributed by atoms with Crippen LogP contribution in [-0.4, -0.2) is 46.7 Å². The van der Waals surface area contributed by atoms with Crippen LogP contribution in [0.3, 0.4) is 0 Å². The summed E-state index contributed by atoms with van der Waals surface area (Å²) in [5.74, 6) is -1.65. The molecule has 27 heavy (non-hydrogen) atoms. The highest BCUT2D eigenvalue weighted by molar-refractivity contribution is 5.69. The lowest BCUT2D eigenvalue weighted by atomic mass is 9.89. The number of hydrogen-bond acceptors (Lipinski definition) is 5. The molecule has 0 aromatic heterocycles. The number of unbranched alkanes of at least 4 members (excludes halogenated alkanes) is 3. The average molecular weight is 387 g/mol. The van der Waals surface area contributed by atoms with Gasteiger partial charge in [0.15, 0.2) is 0 Å². The third-order valence-corrected chi connectivity index (χ3v) is 5.22. The van der Waals surface area contributed by atoms with Gasteiger partial charge in [-0.1, -0.05) is 38.3 Å². The zero-order valence-electron chi connectivity index (χ0n) is 16.5. The van der Waals surface area contributed by atoms with Crippen molar-refractivity contribution in [2.45, 2.75) is 83.0 Å². The van der Waals surface area contributed by atoms with Gasteiger partial charge in [-0.25, -0.2) is 4.39 Å². The first-order valence-corrected chi connectivity index (χ1v) is 10.0. The van der Waals surface area contributed by atoms with Gasteiger partial charge < -0.3 is 20.1 Å². The van der Waals surface area contributed by atoms with E-state index < -0.39 is 30.1 Å². The summed E-state index contributed by atoms with van der Waals surface area (Å²) < 4.78 is 18.9. The number of halogens is 1. The molecule has 0 saturated heterocycles. The van der Waals surface area contributed by atoms with E-state index in [4.69, 9.17) is 0 Å². The second-order valence-corrected chi connectivity index (χ2v) is 7.35. The van der Waals surface area contributed by atoms with Gasteiger partial charge in [-0.3, -0.25) is 4.79 Å². The molecule has 1 saturated carbocycles. The van der Waals surface area contributed by atoms with Crippen molar-refractivity contribution in [1.82, 2.24) is 0 Å². The molecule has 5 atom stereocenters. The van der Waals surface area contributed by atoms with Crippen LogP contribution in [0.5, 0.6) is 0 Å². The topological polar surface area (TPSA) is 87.0 Å². The Morgan fingerprint density at radius 1 is 1.22 bits per heavy atom. The van der Waals surface area contributed by atoms with Gasteiger partial charge in [0.1, 0.15) is 11.9 Å². The van der Waals surface area contributed by atoms with Gasteiger partial charge in [0.2, 0.25) is 0 Å². The van der Waals surface area contributed by atoms with Gasteiger partial charge in [0.25, 0.3) is 0 Å². The number of carbonyl (C=O) groups is 1. The number of methoxy groups -OCH3 is 1. The van der Waals surface area contributed by atoms with Gasteiger partial charge in [-0.15, -0.1) is 0 Å². The van der Waals surface area contributed by atoms with Gasteiger partial charge in [-0.2, -0.15) is 0 Å². The molecule has 1 rings (SSSR count). The van der Waals surface area contributed by atoms with Crippen molar-refractivity contribution in [3.8, 4) is 0 Å². The Hall–Kier alpha value is -1.24. The Morgan fingerprint density at radius 3 is 2.63 bits per heavy atom. The summed E-state index contributed by atoms with van der Waals surface area (Å²) >= 11 is 0. The van der Waals surface area contributed by atoms with Gasteiger partial charge in [-0.05, 0) is 37.7 Å². The molecule has 5 nitrogen and oxygen atoms in total. The number of aliphatic hydroxyl groups excluding tert-OH is 3. The minimum absolute atomic E-state index is 0.210. The molecule has 0 aromatic rings. The first-order valence-electron chi connectivity index (χ1n) is 10.0. The predicted octanol–water partition coefficient (Wildman–Crippen LogP) is 3.43. The largest absolute Gasteiger partial charge is 0.469 e. The Bertz CT molecular complexity index is 491. The fraction of sp³-hybridized carbons (Fsp3) is 0.762. The van der Waals surface area contributed by atoms with Crippen LogP contribution in [-0.2, 0) is 9.53 Å². The minimum Gasteiger partial charge on any atom is -0.469 e. The quantitative estimate of drug-likeness (QED) is 0.272. The van der Waals surface area contributed by atoms with Gasteiger partial charge in [0, 0.05) is 18.8 Å². The van der Waals surface area contributed by atoms with Gasteiger partial charge in [0.05, 0.1) is 19.3 Å². The fourth-order valence-corrected chi connectivity index (χ4v) is 3.53. The van der Waals surface area contributed by atoms with Crippen molar-refractivity contribution < 1.29 is 29.2 Å². The monoisotopic (exact) mass is 386 g/mol. The second-order valence-electron chi connectivity index (χ2n) is 7.35. The molecule has 1 aliphatic carbocycles. The summed E-state index contributed by atoms with van der Waals surface area (Å²) in [5.41, 5.74) is 0. The molecule has 1 aliphatic rings. The molecule has 0 heterocycles. The standard InChI is InChI=1S/C21H35FO5/c1-3-4-7-11-18(23)17(22)13-16-15(19(24)14-20(16)25)10-8-5-6-9-12-21(26)27-2/h5,8,13,15-16,18-20,23-25H,3-4,6-7,9-12,14H2,1-2H3/b8-5-,17-13+/t15-,16-,18+,19+,20-/m1/s1. The van der Waals surface area contributed by atoms with Crippen molar-refractivity contribution in [2.24, 2.45) is 11.8 Å². The number of allylic oxidation sites excluding steroid dienone is 2. The lowest BCUT2D eigenvalue weighted by molar-refractivity contribution is -0.140.